The Morgan fingerprint density at radius 3 is 2.56 bits per heavy atom. The Hall–Kier alpha value is -2.37. The molecule has 1 aromatic rings. The number of carbonyl (C=O) groups excluding carboxylic acids is 3. The molecule has 1 aliphatic rings. The van der Waals surface area contributed by atoms with Gasteiger partial charge in [0.05, 0.1) is 7.11 Å². The molecular formula is C12H12N2O4. The number of nitrogens with one attached hydrogen (secondary N) is 1. The lowest BCUT2D eigenvalue weighted by molar-refractivity contribution is -0.135. The van der Waals surface area contributed by atoms with E-state index in [1.54, 1.807) is 24.3 Å². The summed E-state index contributed by atoms with van der Waals surface area (Å²) in [4.78, 5) is 35.7. The van der Waals surface area contributed by atoms with E-state index in [0.29, 0.717) is 11.3 Å². The Kier molecular flexibility index (Phi) is 3.27. The molecule has 1 fully saturated rings. The third-order valence-electron chi connectivity index (χ3n) is 2.55. The van der Waals surface area contributed by atoms with Gasteiger partial charge in [0, 0.05) is 5.56 Å². The summed E-state index contributed by atoms with van der Waals surface area (Å²) in [6.07, 6.45) is 0. The standard InChI is InChI=1S/C12H12N2O4/c1-18-9-4-2-3-8(5-9)12(17)14-6-10(15)13-11(16)7-14/h2-5H,6-7H2,1H3,(H,13,15,16). The molecule has 1 saturated heterocycles. The molecule has 3 amide bonds. The van der Waals surface area contributed by atoms with E-state index in [9.17, 15) is 14.4 Å². The molecule has 1 N–H and O–H groups in total. The Morgan fingerprint density at radius 2 is 1.94 bits per heavy atom. The van der Waals surface area contributed by atoms with Crippen LogP contribution < -0.4 is 10.1 Å². The van der Waals surface area contributed by atoms with E-state index in [1.165, 1.54) is 12.0 Å². The molecule has 6 nitrogen and oxygen atoms in total. The van der Waals surface area contributed by atoms with Gasteiger partial charge >= 0.3 is 0 Å². The van der Waals surface area contributed by atoms with E-state index in [0.717, 1.165) is 0 Å². The number of hydrogen-bond acceptors (Lipinski definition) is 4. The number of hydrogen-bond donors (Lipinski definition) is 1. The molecule has 0 spiro atoms. The van der Waals surface area contributed by atoms with Crippen LogP contribution in [0.25, 0.3) is 0 Å². The van der Waals surface area contributed by atoms with Crippen LogP contribution in [-0.2, 0) is 9.59 Å². The van der Waals surface area contributed by atoms with Crippen molar-refractivity contribution in [3.8, 4) is 5.75 Å². The number of imide groups is 1. The highest BCUT2D eigenvalue weighted by Gasteiger charge is 2.27. The lowest BCUT2D eigenvalue weighted by Gasteiger charge is -2.25. The number of carbonyl (C=O) groups is 3. The predicted molar refractivity (Wildman–Crippen MR) is 62.0 cm³/mol. The molecule has 0 radical (unpaired) electrons. The molecule has 0 bridgehead atoms. The topological polar surface area (TPSA) is 75.7 Å². The van der Waals surface area contributed by atoms with Crippen LogP contribution in [0.4, 0.5) is 0 Å². The minimum Gasteiger partial charge on any atom is -0.497 e. The fourth-order valence-electron chi connectivity index (χ4n) is 1.72. The number of piperazine rings is 1. The molecule has 0 aliphatic carbocycles. The first-order valence-electron chi connectivity index (χ1n) is 5.36. The zero-order valence-corrected chi connectivity index (χ0v) is 9.80. The van der Waals surface area contributed by atoms with Crippen LogP contribution in [0.15, 0.2) is 24.3 Å². The Morgan fingerprint density at radius 1 is 1.28 bits per heavy atom. The molecule has 2 rings (SSSR count). The largest absolute Gasteiger partial charge is 0.497 e. The monoisotopic (exact) mass is 248 g/mol. The van der Waals surface area contributed by atoms with Crippen molar-refractivity contribution in [2.24, 2.45) is 0 Å². The van der Waals surface area contributed by atoms with Crippen molar-refractivity contribution in [2.45, 2.75) is 0 Å². The van der Waals surface area contributed by atoms with Crippen LogP contribution in [0.1, 0.15) is 10.4 Å². The van der Waals surface area contributed by atoms with Gasteiger partial charge in [0.25, 0.3) is 5.91 Å². The van der Waals surface area contributed by atoms with Gasteiger partial charge in [-0.1, -0.05) is 6.07 Å². The molecule has 0 unspecified atom stereocenters. The number of rotatable bonds is 2. The molecule has 1 aromatic carbocycles. The summed E-state index contributed by atoms with van der Waals surface area (Å²) in [5, 5.41) is 2.14. The fourth-order valence-corrected chi connectivity index (χ4v) is 1.72. The average Bonchev–Trinajstić information content (AvgIpc) is 2.37. The summed E-state index contributed by atoms with van der Waals surface area (Å²) in [6.45, 7) is -0.219. The summed E-state index contributed by atoms with van der Waals surface area (Å²) in [5.74, 6) is -0.754. The Balaban J connectivity index is 2.19. The van der Waals surface area contributed by atoms with E-state index < -0.39 is 11.8 Å². The number of amides is 3. The van der Waals surface area contributed by atoms with Gasteiger partial charge < -0.3 is 9.64 Å². The van der Waals surface area contributed by atoms with Crippen molar-refractivity contribution in [2.75, 3.05) is 20.2 Å². The molecule has 18 heavy (non-hydrogen) atoms. The highest BCUT2D eigenvalue weighted by atomic mass is 16.5. The van der Waals surface area contributed by atoms with Crippen molar-refractivity contribution < 1.29 is 19.1 Å². The maximum absolute atomic E-state index is 12.1. The molecule has 0 atom stereocenters. The number of nitrogens with zero attached hydrogens (tertiary/aromatic N) is 1. The third kappa shape index (κ3) is 2.48. The van der Waals surface area contributed by atoms with Gasteiger partial charge in [0.15, 0.2) is 0 Å². The number of methoxy groups -OCH3 is 1. The SMILES string of the molecule is COc1cccc(C(=O)N2CC(=O)NC(=O)C2)c1. The Bertz CT molecular complexity index is 497. The quantitative estimate of drug-likeness (QED) is 0.735. The second-order valence-corrected chi connectivity index (χ2v) is 3.86. The van der Waals surface area contributed by atoms with E-state index in [2.05, 4.69) is 5.32 Å². The first kappa shape index (κ1) is 12.1. The van der Waals surface area contributed by atoms with Crippen LogP contribution in [0.5, 0.6) is 5.75 Å². The summed E-state index contributed by atoms with van der Waals surface area (Å²) in [5.41, 5.74) is 0.386. The van der Waals surface area contributed by atoms with Crippen LogP contribution in [0.3, 0.4) is 0 Å². The van der Waals surface area contributed by atoms with Crippen LogP contribution >= 0.6 is 0 Å². The molecule has 1 aliphatic heterocycles. The smallest absolute Gasteiger partial charge is 0.254 e. The average molecular weight is 248 g/mol. The highest BCUT2D eigenvalue weighted by molar-refractivity contribution is 6.05. The van der Waals surface area contributed by atoms with Crippen LogP contribution in [0, 0.1) is 0 Å². The zero-order chi connectivity index (χ0) is 13.1. The van der Waals surface area contributed by atoms with Gasteiger partial charge in [0.1, 0.15) is 18.8 Å². The van der Waals surface area contributed by atoms with Gasteiger partial charge in [-0.25, -0.2) is 0 Å². The first-order chi connectivity index (χ1) is 8.60. The minimum absolute atomic E-state index is 0.109. The third-order valence-corrected chi connectivity index (χ3v) is 2.55. The van der Waals surface area contributed by atoms with Crippen molar-refractivity contribution in [3.63, 3.8) is 0 Å². The second kappa shape index (κ2) is 4.87. The highest BCUT2D eigenvalue weighted by Crippen LogP contribution is 2.14. The molecule has 0 aromatic heterocycles. The van der Waals surface area contributed by atoms with Gasteiger partial charge in [0.2, 0.25) is 11.8 Å². The molecule has 1 heterocycles. The first-order valence-corrected chi connectivity index (χ1v) is 5.36. The van der Waals surface area contributed by atoms with Crippen LogP contribution in [0.2, 0.25) is 0 Å². The Labute approximate surface area is 104 Å². The molecule has 6 heteroatoms. The van der Waals surface area contributed by atoms with Crippen molar-refractivity contribution in [3.05, 3.63) is 29.8 Å². The number of ether oxygens (including phenoxy) is 1. The van der Waals surface area contributed by atoms with Crippen molar-refractivity contribution in [1.29, 1.82) is 0 Å². The molecule has 94 valence electrons. The molecular weight excluding hydrogens is 236 g/mol. The fraction of sp³-hybridized carbons (Fsp3) is 0.250. The lowest BCUT2D eigenvalue weighted by atomic mass is 10.1. The van der Waals surface area contributed by atoms with E-state index in [4.69, 9.17) is 4.74 Å². The summed E-state index contributed by atoms with van der Waals surface area (Å²) >= 11 is 0. The van der Waals surface area contributed by atoms with Gasteiger partial charge in [-0.05, 0) is 18.2 Å². The van der Waals surface area contributed by atoms with E-state index in [-0.39, 0.29) is 19.0 Å². The molecule has 0 saturated carbocycles. The van der Waals surface area contributed by atoms with E-state index in [1.807, 2.05) is 0 Å². The summed E-state index contributed by atoms with van der Waals surface area (Å²) in [6, 6.07) is 6.57. The normalized spacial score (nSPS) is 15.3. The summed E-state index contributed by atoms with van der Waals surface area (Å²) < 4.78 is 5.02. The number of benzene rings is 1. The van der Waals surface area contributed by atoms with Crippen molar-refractivity contribution >= 4 is 17.7 Å². The van der Waals surface area contributed by atoms with Crippen LogP contribution in [-0.4, -0.2) is 42.8 Å². The predicted octanol–water partition coefficient (Wildman–Crippen LogP) is -0.206. The summed E-state index contributed by atoms with van der Waals surface area (Å²) in [7, 11) is 1.50. The second-order valence-electron chi connectivity index (χ2n) is 3.86. The minimum atomic E-state index is -0.470. The van der Waals surface area contributed by atoms with Crippen molar-refractivity contribution in [1.82, 2.24) is 10.2 Å². The van der Waals surface area contributed by atoms with Gasteiger partial charge in [-0.3, -0.25) is 19.7 Å². The maximum atomic E-state index is 12.1. The zero-order valence-electron chi connectivity index (χ0n) is 9.80. The van der Waals surface area contributed by atoms with E-state index >= 15 is 0 Å². The van der Waals surface area contributed by atoms with Gasteiger partial charge in [-0.2, -0.15) is 0 Å². The van der Waals surface area contributed by atoms with Gasteiger partial charge in [-0.15, -0.1) is 0 Å². The maximum Gasteiger partial charge on any atom is 0.254 e. The lowest BCUT2D eigenvalue weighted by Crippen LogP contribution is -2.53.